The first kappa shape index (κ1) is 44.8. The summed E-state index contributed by atoms with van der Waals surface area (Å²) in [6.45, 7) is 3.70. The van der Waals surface area contributed by atoms with Gasteiger partial charge < -0.3 is 20.1 Å². The number of allylic oxidation sites excluding steroid dienone is 2. The van der Waals surface area contributed by atoms with Crippen molar-refractivity contribution in [2.45, 2.75) is 180 Å². The fourth-order valence-electron chi connectivity index (χ4n) is 5.10. The highest BCUT2D eigenvalue weighted by atomic mass is 31.2. The summed E-state index contributed by atoms with van der Waals surface area (Å²) in [5.74, 6) is -0.835. The smallest absolute Gasteiger partial charge is 0.462 e. The highest BCUT2D eigenvalue weighted by Crippen LogP contribution is 2.43. The van der Waals surface area contributed by atoms with Crippen molar-refractivity contribution in [2.75, 3.05) is 26.4 Å². The molecule has 0 heterocycles. The van der Waals surface area contributed by atoms with E-state index < -0.39 is 26.5 Å². The fraction of sp³-hybridized carbons (Fsp3) is 0.889. The maximum Gasteiger partial charge on any atom is 0.472 e. The minimum atomic E-state index is -4.36. The van der Waals surface area contributed by atoms with Gasteiger partial charge in [0.05, 0.1) is 13.2 Å². The lowest BCUT2D eigenvalue weighted by atomic mass is 10.1. The van der Waals surface area contributed by atoms with Gasteiger partial charge in [0.15, 0.2) is 6.10 Å². The molecule has 0 bridgehead atoms. The summed E-state index contributed by atoms with van der Waals surface area (Å²) < 4.78 is 32.6. The average molecular weight is 676 g/mol. The molecule has 0 spiro atoms. The lowest BCUT2D eigenvalue weighted by Gasteiger charge is -2.19. The van der Waals surface area contributed by atoms with Crippen molar-refractivity contribution in [3.05, 3.63) is 12.2 Å². The highest BCUT2D eigenvalue weighted by Gasteiger charge is 2.25. The summed E-state index contributed by atoms with van der Waals surface area (Å²) in [6, 6.07) is 0. The van der Waals surface area contributed by atoms with Gasteiger partial charge >= 0.3 is 19.8 Å². The van der Waals surface area contributed by atoms with Crippen LogP contribution in [0.4, 0.5) is 0 Å². The molecule has 0 aliphatic carbocycles. The second-order valence-electron chi connectivity index (χ2n) is 12.4. The number of carbonyl (C=O) groups is 2. The molecular formula is C36H70NO8P. The largest absolute Gasteiger partial charge is 0.472 e. The molecule has 0 aliphatic rings. The molecule has 0 fully saturated rings. The molecule has 0 saturated heterocycles. The van der Waals surface area contributed by atoms with E-state index >= 15 is 0 Å². The molecule has 0 saturated carbocycles. The third kappa shape index (κ3) is 32.7. The van der Waals surface area contributed by atoms with Gasteiger partial charge in [0.2, 0.25) is 0 Å². The molecule has 1 unspecified atom stereocenters. The number of unbranched alkanes of at least 4 members (excludes halogenated alkanes) is 20. The molecule has 9 nitrogen and oxygen atoms in total. The molecule has 0 aromatic heterocycles. The van der Waals surface area contributed by atoms with Gasteiger partial charge in [-0.25, -0.2) is 4.57 Å². The van der Waals surface area contributed by atoms with Gasteiger partial charge in [-0.05, 0) is 38.5 Å². The summed E-state index contributed by atoms with van der Waals surface area (Å²) >= 11 is 0. The van der Waals surface area contributed by atoms with E-state index in [2.05, 4.69) is 26.0 Å². The number of hydrogen-bond acceptors (Lipinski definition) is 8. The van der Waals surface area contributed by atoms with E-state index in [1.54, 1.807) is 0 Å². The zero-order valence-electron chi connectivity index (χ0n) is 29.6. The van der Waals surface area contributed by atoms with E-state index in [0.29, 0.717) is 6.42 Å². The van der Waals surface area contributed by atoms with E-state index in [1.807, 2.05) is 0 Å². The molecule has 0 aromatic carbocycles. The van der Waals surface area contributed by atoms with Crippen LogP contribution in [0.5, 0.6) is 0 Å². The van der Waals surface area contributed by atoms with Crippen molar-refractivity contribution < 1.29 is 37.6 Å². The molecule has 272 valence electrons. The van der Waals surface area contributed by atoms with Crippen molar-refractivity contribution in [1.82, 2.24) is 0 Å². The number of nitrogens with two attached hydrogens (primary N) is 1. The Kier molecular flexibility index (Phi) is 32.7. The van der Waals surface area contributed by atoms with E-state index in [9.17, 15) is 19.0 Å². The van der Waals surface area contributed by atoms with Gasteiger partial charge in [-0.15, -0.1) is 0 Å². The van der Waals surface area contributed by atoms with Gasteiger partial charge in [0.25, 0.3) is 0 Å². The standard InChI is InChI=1S/C36H70NO8P/c1-3-5-7-9-11-13-15-16-17-19-20-22-24-26-28-35(38)42-32-34(33-44-46(40,41)43-31-30-37)45-36(39)29-27-25-23-21-18-14-12-10-8-6-4-2/h15-16,34H,3-14,17-33,37H2,1-2H3,(H,40,41)/b16-15+/t34-/m1/s1. The highest BCUT2D eigenvalue weighted by molar-refractivity contribution is 7.47. The zero-order chi connectivity index (χ0) is 34.0. The Morgan fingerprint density at radius 3 is 1.54 bits per heavy atom. The van der Waals surface area contributed by atoms with E-state index in [1.165, 1.54) is 89.9 Å². The van der Waals surface area contributed by atoms with Crippen LogP contribution in [0.15, 0.2) is 12.2 Å². The van der Waals surface area contributed by atoms with Crippen molar-refractivity contribution in [3.8, 4) is 0 Å². The Labute approximate surface area is 281 Å². The molecule has 2 atom stereocenters. The van der Waals surface area contributed by atoms with Gasteiger partial charge in [-0.2, -0.15) is 0 Å². The summed E-state index contributed by atoms with van der Waals surface area (Å²) in [5, 5.41) is 0. The number of phosphoric acid groups is 1. The SMILES string of the molecule is CCCCCCC/C=C/CCCCCCCC(=O)OC[C@H](COP(=O)(O)OCCN)OC(=O)CCCCCCCCCCCCC. The van der Waals surface area contributed by atoms with Crippen molar-refractivity contribution >= 4 is 19.8 Å². The number of hydrogen-bond donors (Lipinski definition) is 2. The van der Waals surface area contributed by atoms with Crippen LogP contribution in [-0.2, 0) is 32.7 Å². The number of rotatable bonds is 35. The van der Waals surface area contributed by atoms with Crippen molar-refractivity contribution in [3.63, 3.8) is 0 Å². The Hall–Kier alpha value is -1.25. The molecule has 0 aromatic rings. The lowest BCUT2D eigenvalue weighted by molar-refractivity contribution is -0.161. The average Bonchev–Trinajstić information content (AvgIpc) is 3.04. The lowest BCUT2D eigenvalue weighted by Crippen LogP contribution is -2.29. The van der Waals surface area contributed by atoms with Crippen LogP contribution in [0.2, 0.25) is 0 Å². The summed E-state index contributed by atoms with van der Waals surface area (Å²) in [7, 11) is -4.36. The molecule has 0 aliphatic heterocycles. The number of esters is 2. The predicted octanol–water partition coefficient (Wildman–Crippen LogP) is 9.88. The van der Waals surface area contributed by atoms with Crippen LogP contribution in [0.1, 0.15) is 174 Å². The van der Waals surface area contributed by atoms with Gasteiger partial charge in [0, 0.05) is 19.4 Å². The summed E-state index contributed by atoms with van der Waals surface area (Å²) in [6.07, 6.45) is 31.0. The Bertz CT molecular complexity index is 779. The number of phosphoric ester groups is 1. The first-order valence-corrected chi connectivity index (χ1v) is 20.2. The fourth-order valence-corrected chi connectivity index (χ4v) is 5.86. The minimum Gasteiger partial charge on any atom is -0.462 e. The molecule has 10 heteroatoms. The maximum atomic E-state index is 12.5. The number of carbonyl (C=O) groups excluding carboxylic acids is 2. The minimum absolute atomic E-state index is 0.0548. The van der Waals surface area contributed by atoms with Crippen LogP contribution in [0.25, 0.3) is 0 Å². The predicted molar refractivity (Wildman–Crippen MR) is 188 cm³/mol. The normalized spacial score (nSPS) is 13.6. The van der Waals surface area contributed by atoms with Crippen LogP contribution >= 0.6 is 7.82 Å². The van der Waals surface area contributed by atoms with Crippen LogP contribution in [-0.4, -0.2) is 49.3 Å². The maximum absolute atomic E-state index is 12.5. The van der Waals surface area contributed by atoms with Crippen molar-refractivity contribution in [1.29, 1.82) is 0 Å². The third-order valence-electron chi connectivity index (χ3n) is 7.90. The number of ether oxygens (including phenoxy) is 2. The Balaban J connectivity index is 4.23. The van der Waals surface area contributed by atoms with E-state index in [-0.39, 0.29) is 38.6 Å². The third-order valence-corrected chi connectivity index (χ3v) is 8.89. The zero-order valence-corrected chi connectivity index (χ0v) is 30.5. The Morgan fingerprint density at radius 2 is 1.07 bits per heavy atom. The second kappa shape index (κ2) is 33.6. The first-order chi connectivity index (χ1) is 22.3. The van der Waals surface area contributed by atoms with Crippen LogP contribution in [0, 0.1) is 0 Å². The summed E-state index contributed by atoms with van der Waals surface area (Å²) in [5.41, 5.74) is 5.32. The van der Waals surface area contributed by atoms with Gasteiger partial charge in [0.1, 0.15) is 6.61 Å². The first-order valence-electron chi connectivity index (χ1n) is 18.7. The molecule has 0 rings (SSSR count). The monoisotopic (exact) mass is 675 g/mol. The molecule has 0 radical (unpaired) electrons. The summed E-state index contributed by atoms with van der Waals surface area (Å²) in [4.78, 5) is 34.6. The van der Waals surface area contributed by atoms with E-state index in [4.69, 9.17) is 24.3 Å². The topological polar surface area (TPSA) is 134 Å². The van der Waals surface area contributed by atoms with Gasteiger partial charge in [-0.3, -0.25) is 18.6 Å². The quantitative estimate of drug-likeness (QED) is 0.0291. The molecule has 46 heavy (non-hydrogen) atoms. The van der Waals surface area contributed by atoms with Crippen molar-refractivity contribution in [2.24, 2.45) is 5.73 Å². The Morgan fingerprint density at radius 1 is 0.630 bits per heavy atom. The van der Waals surface area contributed by atoms with Crippen LogP contribution in [0.3, 0.4) is 0 Å². The molecule has 0 amide bonds. The molecule has 3 N–H and O–H groups in total. The second-order valence-corrected chi connectivity index (χ2v) is 13.9. The van der Waals surface area contributed by atoms with E-state index in [0.717, 1.165) is 51.4 Å². The van der Waals surface area contributed by atoms with Gasteiger partial charge in [-0.1, -0.05) is 135 Å². The molecular weight excluding hydrogens is 605 g/mol. The van der Waals surface area contributed by atoms with Crippen LogP contribution < -0.4 is 5.73 Å².